The topological polar surface area (TPSA) is 72.2 Å². The minimum atomic E-state index is -1.38. The van der Waals surface area contributed by atoms with Gasteiger partial charge in [0.1, 0.15) is 11.5 Å². The fourth-order valence-electron chi connectivity index (χ4n) is 2.59. The highest BCUT2D eigenvalue weighted by Gasteiger charge is 2.16. The molecule has 7 heteroatoms. The molecule has 146 valence electrons. The molecule has 0 fully saturated rings. The number of amides is 1. The van der Waals surface area contributed by atoms with Crippen LogP contribution in [0.1, 0.15) is 22.6 Å². The number of halogens is 1. The Morgan fingerprint density at radius 3 is 2.46 bits per heavy atom. The normalized spacial score (nSPS) is 12.0. The van der Waals surface area contributed by atoms with Crippen molar-refractivity contribution in [3.63, 3.8) is 0 Å². The molecule has 1 N–H and O–H groups in total. The first-order chi connectivity index (χ1) is 13.4. The van der Waals surface area contributed by atoms with Crippen LogP contribution in [0, 0.1) is 13.8 Å². The lowest BCUT2D eigenvalue weighted by atomic mass is 10.1. The molecule has 1 amide bonds. The van der Waals surface area contributed by atoms with Crippen molar-refractivity contribution in [2.45, 2.75) is 26.1 Å². The first-order valence-electron chi connectivity index (χ1n) is 8.80. The summed E-state index contributed by atoms with van der Waals surface area (Å²) in [4.78, 5) is 16.5. The van der Waals surface area contributed by atoms with Gasteiger partial charge in [0.15, 0.2) is 0 Å². The highest BCUT2D eigenvalue weighted by Crippen LogP contribution is 2.24. The van der Waals surface area contributed by atoms with Crippen molar-refractivity contribution in [3.8, 4) is 11.5 Å². The molecule has 0 saturated carbocycles. The van der Waals surface area contributed by atoms with E-state index in [1.807, 2.05) is 43.3 Å². The predicted molar refractivity (Wildman–Crippen MR) is 111 cm³/mol. The van der Waals surface area contributed by atoms with Crippen LogP contribution in [0.5, 0.6) is 0 Å². The van der Waals surface area contributed by atoms with Crippen LogP contribution < -0.4 is 5.32 Å². The first kappa shape index (κ1) is 20.3. The van der Waals surface area contributed by atoms with E-state index in [2.05, 4.69) is 10.3 Å². The maximum absolute atomic E-state index is 12.4. The second-order valence-corrected chi connectivity index (χ2v) is 8.41. The van der Waals surface area contributed by atoms with Gasteiger partial charge in [-0.2, -0.15) is 0 Å². The van der Waals surface area contributed by atoms with Crippen LogP contribution in [-0.4, -0.2) is 20.9 Å². The molecule has 1 atom stereocenters. The van der Waals surface area contributed by atoms with Crippen molar-refractivity contribution < 1.29 is 13.4 Å². The van der Waals surface area contributed by atoms with E-state index in [1.54, 1.807) is 19.1 Å². The molecule has 3 aromatic rings. The number of carbonyl (C=O) groups excluding carboxylic acids is 1. The number of carbonyl (C=O) groups is 1. The molecule has 0 saturated heterocycles. The zero-order valence-corrected chi connectivity index (χ0v) is 17.3. The molecule has 3 rings (SSSR count). The Morgan fingerprint density at radius 1 is 1.11 bits per heavy atom. The van der Waals surface area contributed by atoms with Crippen molar-refractivity contribution in [1.82, 2.24) is 10.3 Å². The predicted octanol–water partition coefficient (Wildman–Crippen LogP) is 4.18. The van der Waals surface area contributed by atoms with E-state index in [1.165, 1.54) is 0 Å². The van der Waals surface area contributed by atoms with Gasteiger partial charge >= 0.3 is 0 Å². The molecule has 2 aromatic carbocycles. The van der Waals surface area contributed by atoms with E-state index >= 15 is 0 Å². The number of nitrogens with one attached hydrogen (secondary N) is 1. The fourth-order valence-corrected chi connectivity index (χ4v) is 3.78. The number of hydrogen-bond donors (Lipinski definition) is 1. The Bertz CT molecular complexity index is 982. The number of nitrogens with zero attached hydrogens (tertiary/aromatic N) is 1. The molecule has 5 nitrogen and oxygen atoms in total. The van der Waals surface area contributed by atoms with Gasteiger partial charge in [-0.05, 0) is 43.7 Å². The molecule has 0 unspecified atom stereocenters. The summed E-state index contributed by atoms with van der Waals surface area (Å²) < 4.78 is 18.0. The lowest BCUT2D eigenvalue weighted by molar-refractivity contribution is -0.118. The molecular formula is C21H21ClN2O3S. The summed E-state index contributed by atoms with van der Waals surface area (Å²) >= 11 is 5.90. The Kier molecular flexibility index (Phi) is 6.65. The molecule has 0 radical (unpaired) electrons. The zero-order chi connectivity index (χ0) is 20.1. The summed E-state index contributed by atoms with van der Waals surface area (Å²) in [7, 11) is -1.38. The van der Waals surface area contributed by atoms with Crippen molar-refractivity contribution in [2.24, 2.45) is 0 Å². The van der Waals surface area contributed by atoms with Crippen LogP contribution >= 0.6 is 11.6 Å². The average molecular weight is 417 g/mol. The Labute approximate surface area is 171 Å². The quantitative estimate of drug-likeness (QED) is 0.627. The van der Waals surface area contributed by atoms with Gasteiger partial charge in [-0.15, -0.1) is 0 Å². The number of rotatable bonds is 7. The van der Waals surface area contributed by atoms with Crippen molar-refractivity contribution in [3.05, 3.63) is 76.1 Å². The molecule has 0 bridgehead atoms. The summed E-state index contributed by atoms with van der Waals surface area (Å²) in [6, 6.07) is 15.0. The molecule has 1 aromatic heterocycles. The molecule has 0 aliphatic heterocycles. The van der Waals surface area contributed by atoms with Gasteiger partial charge in [0.05, 0.1) is 11.4 Å². The molecule has 0 aliphatic rings. The summed E-state index contributed by atoms with van der Waals surface area (Å²) in [6.07, 6.45) is 0. The molecule has 28 heavy (non-hydrogen) atoms. The van der Waals surface area contributed by atoms with E-state index in [0.717, 1.165) is 16.7 Å². The minimum Gasteiger partial charge on any atom is -0.441 e. The van der Waals surface area contributed by atoms with Crippen LogP contribution in [-0.2, 0) is 27.9 Å². The third-order valence-corrected chi connectivity index (χ3v) is 5.62. The van der Waals surface area contributed by atoms with Crippen LogP contribution in [0.2, 0.25) is 5.02 Å². The van der Waals surface area contributed by atoms with Gasteiger partial charge in [0, 0.05) is 27.9 Å². The van der Waals surface area contributed by atoms with Crippen LogP contribution in [0.25, 0.3) is 11.5 Å². The molecule has 1 heterocycles. The summed E-state index contributed by atoms with van der Waals surface area (Å²) in [6.45, 7) is 4.20. The second kappa shape index (κ2) is 9.17. The highest BCUT2D eigenvalue weighted by atomic mass is 35.5. The zero-order valence-electron chi connectivity index (χ0n) is 15.7. The van der Waals surface area contributed by atoms with Gasteiger partial charge in [-0.3, -0.25) is 9.00 Å². The fraction of sp³-hybridized carbons (Fsp3) is 0.238. The summed E-state index contributed by atoms with van der Waals surface area (Å²) in [5.41, 5.74) is 3.55. The van der Waals surface area contributed by atoms with Crippen molar-refractivity contribution in [1.29, 1.82) is 0 Å². The van der Waals surface area contributed by atoms with Gasteiger partial charge < -0.3 is 9.73 Å². The van der Waals surface area contributed by atoms with E-state index in [-0.39, 0.29) is 17.4 Å². The number of aromatic nitrogens is 1. The third-order valence-electron chi connectivity index (χ3n) is 4.18. The smallest absolute Gasteiger partial charge is 0.232 e. The van der Waals surface area contributed by atoms with Crippen molar-refractivity contribution in [2.75, 3.05) is 5.75 Å². The summed E-state index contributed by atoms with van der Waals surface area (Å²) in [5, 5.41) is 3.43. The second-order valence-electron chi connectivity index (χ2n) is 6.52. The maximum atomic E-state index is 12.4. The van der Waals surface area contributed by atoms with E-state index in [4.69, 9.17) is 16.0 Å². The SMILES string of the molecule is Cc1ccc(CNC(=O)C[S@@](=O)Cc2nc(-c3ccc(Cl)cc3)oc2C)cc1. The molecule has 0 spiro atoms. The van der Waals surface area contributed by atoms with Gasteiger partial charge in [-0.1, -0.05) is 41.4 Å². The first-order valence-corrected chi connectivity index (χ1v) is 10.7. The molecular weight excluding hydrogens is 396 g/mol. The monoisotopic (exact) mass is 416 g/mol. The maximum Gasteiger partial charge on any atom is 0.232 e. The van der Waals surface area contributed by atoms with E-state index < -0.39 is 10.8 Å². The Balaban J connectivity index is 1.55. The standard InChI is InChI=1S/C21H21ClN2O3S/c1-14-3-5-16(6-4-14)11-23-20(25)13-28(26)12-19-15(2)27-21(24-19)17-7-9-18(22)10-8-17/h3-10H,11-13H2,1-2H3,(H,23,25)/t28-/m0/s1. The average Bonchev–Trinajstić information content (AvgIpc) is 3.02. The number of aryl methyl sites for hydroxylation is 2. The van der Waals surface area contributed by atoms with E-state index in [0.29, 0.717) is 28.9 Å². The number of oxazole rings is 1. The number of hydrogen-bond acceptors (Lipinski definition) is 4. The van der Waals surface area contributed by atoms with Crippen LogP contribution in [0.3, 0.4) is 0 Å². The third kappa shape index (κ3) is 5.53. The number of benzene rings is 2. The summed E-state index contributed by atoms with van der Waals surface area (Å²) in [5.74, 6) is 0.885. The van der Waals surface area contributed by atoms with Gasteiger partial charge in [0.25, 0.3) is 0 Å². The van der Waals surface area contributed by atoms with Crippen LogP contribution in [0.15, 0.2) is 52.9 Å². The van der Waals surface area contributed by atoms with E-state index in [9.17, 15) is 9.00 Å². The lowest BCUT2D eigenvalue weighted by Crippen LogP contribution is -2.28. The highest BCUT2D eigenvalue weighted by molar-refractivity contribution is 7.84. The molecule has 0 aliphatic carbocycles. The largest absolute Gasteiger partial charge is 0.441 e. The van der Waals surface area contributed by atoms with Gasteiger partial charge in [-0.25, -0.2) is 4.98 Å². The lowest BCUT2D eigenvalue weighted by Gasteiger charge is -2.05. The van der Waals surface area contributed by atoms with Crippen molar-refractivity contribution >= 4 is 28.3 Å². The van der Waals surface area contributed by atoms with Gasteiger partial charge in [0.2, 0.25) is 11.8 Å². The Hall–Kier alpha value is -2.44. The van der Waals surface area contributed by atoms with Crippen LogP contribution in [0.4, 0.5) is 0 Å². The minimum absolute atomic E-state index is 0.0750. The Morgan fingerprint density at radius 2 is 1.79 bits per heavy atom.